The van der Waals surface area contributed by atoms with Gasteiger partial charge >= 0.3 is 0 Å². The van der Waals surface area contributed by atoms with Gasteiger partial charge in [-0.25, -0.2) is 4.98 Å². The summed E-state index contributed by atoms with van der Waals surface area (Å²) in [5.74, 6) is 0.735. The van der Waals surface area contributed by atoms with E-state index in [1.807, 2.05) is 30.3 Å². The first-order chi connectivity index (χ1) is 15.6. The molecule has 1 heterocycles. The predicted octanol–water partition coefficient (Wildman–Crippen LogP) is 4.15. The van der Waals surface area contributed by atoms with Crippen molar-refractivity contribution in [2.24, 2.45) is 0 Å². The lowest BCUT2D eigenvalue weighted by Crippen LogP contribution is -2.11. The molecule has 3 N–H and O–H groups in total. The first kappa shape index (κ1) is 22.8. The van der Waals surface area contributed by atoms with Gasteiger partial charge in [0.1, 0.15) is 28.5 Å². The highest BCUT2D eigenvalue weighted by Gasteiger charge is 2.21. The van der Waals surface area contributed by atoms with E-state index >= 15 is 0 Å². The van der Waals surface area contributed by atoms with Crippen LogP contribution in [-0.2, 0) is 10.5 Å². The molecule has 0 fully saturated rings. The molecule has 3 rings (SSSR count). The summed E-state index contributed by atoms with van der Waals surface area (Å²) in [4.78, 5) is 15.9. The van der Waals surface area contributed by atoms with Crippen molar-refractivity contribution < 1.29 is 9.90 Å². The summed E-state index contributed by atoms with van der Waals surface area (Å²) in [6.45, 7) is 1.52. The maximum atomic E-state index is 11.3. The molecule has 1 aromatic heterocycles. The molecule has 0 unspecified atom stereocenters. The highest BCUT2D eigenvalue weighted by molar-refractivity contribution is 7.98. The lowest BCUT2D eigenvalue weighted by molar-refractivity contribution is -0.114. The van der Waals surface area contributed by atoms with Crippen LogP contribution in [0.5, 0.6) is 0 Å². The van der Waals surface area contributed by atoms with Crippen molar-refractivity contribution in [1.82, 2.24) is 4.98 Å². The van der Waals surface area contributed by atoms with E-state index in [-0.39, 0.29) is 24.6 Å². The van der Waals surface area contributed by atoms with Crippen LogP contribution in [0.4, 0.5) is 11.5 Å². The van der Waals surface area contributed by atoms with Crippen molar-refractivity contribution in [3.8, 4) is 23.3 Å². The van der Waals surface area contributed by atoms with Gasteiger partial charge in [-0.1, -0.05) is 42.5 Å². The number of aromatic nitrogens is 1. The third kappa shape index (κ3) is 5.44. The monoisotopic (exact) mass is 443 g/mol. The minimum absolute atomic E-state index is 0.125. The van der Waals surface area contributed by atoms with Crippen LogP contribution in [0.25, 0.3) is 11.1 Å². The van der Waals surface area contributed by atoms with Crippen molar-refractivity contribution >= 4 is 29.2 Å². The van der Waals surface area contributed by atoms with Crippen molar-refractivity contribution in [1.29, 1.82) is 10.5 Å². The number of anilines is 2. The molecule has 7 nitrogen and oxygen atoms in total. The molecular formula is C24H21N5O2S. The fourth-order valence-corrected chi connectivity index (χ4v) is 4.06. The summed E-state index contributed by atoms with van der Waals surface area (Å²) in [6, 6.07) is 21.2. The third-order valence-corrected chi connectivity index (χ3v) is 5.55. The molecule has 0 atom stereocenters. The number of benzene rings is 2. The SMILES string of the molecule is CC(=O)Nc1ccc(-c2c(C#N)c(NCCO)nc(SCc3ccccc3)c2C#N)cc1. The molecule has 8 heteroatoms. The van der Waals surface area contributed by atoms with Crippen LogP contribution in [0.3, 0.4) is 0 Å². The van der Waals surface area contributed by atoms with Crippen molar-refractivity contribution in [3.05, 3.63) is 71.3 Å². The minimum atomic E-state index is -0.188. The number of nitriles is 2. The molecule has 1 amide bonds. The van der Waals surface area contributed by atoms with Gasteiger partial charge in [0.05, 0.1) is 12.2 Å². The van der Waals surface area contributed by atoms with Gasteiger partial charge in [0.25, 0.3) is 0 Å². The highest BCUT2D eigenvalue weighted by atomic mass is 32.2. The number of pyridine rings is 1. The summed E-state index contributed by atoms with van der Waals surface area (Å²) in [5, 5.41) is 35.3. The van der Waals surface area contributed by atoms with Crippen molar-refractivity contribution in [2.45, 2.75) is 17.7 Å². The molecule has 0 saturated heterocycles. The number of nitrogens with one attached hydrogen (secondary N) is 2. The van der Waals surface area contributed by atoms with Crippen LogP contribution in [-0.4, -0.2) is 29.1 Å². The number of aliphatic hydroxyl groups is 1. The molecule has 2 aromatic carbocycles. The lowest BCUT2D eigenvalue weighted by Gasteiger charge is -2.16. The average Bonchev–Trinajstić information content (AvgIpc) is 2.81. The zero-order valence-corrected chi connectivity index (χ0v) is 18.2. The number of thioether (sulfide) groups is 1. The lowest BCUT2D eigenvalue weighted by atomic mass is 9.96. The maximum Gasteiger partial charge on any atom is 0.221 e. The summed E-state index contributed by atoms with van der Waals surface area (Å²) in [7, 11) is 0. The molecule has 0 aliphatic rings. The number of carbonyl (C=O) groups excluding carboxylic acids is 1. The summed E-state index contributed by atoms with van der Waals surface area (Å²) in [5.41, 5.74) is 3.36. The quantitative estimate of drug-likeness (QED) is 0.447. The van der Waals surface area contributed by atoms with E-state index in [1.165, 1.54) is 18.7 Å². The normalized spacial score (nSPS) is 10.1. The van der Waals surface area contributed by atoms with Gasteiger partial charge in [-0.15, -0.1) is 11.8 Å². The second kappa shape index (κ2) is 11.0. The van der Waals surface area contributed by atoms with E-state index in [9.17, 15) is 20.4 Å². The Balaban J connectivity index is 2.11. The smallest absolute Gasteiger partial charge is 0.221 e. The molecule has 0 saturated carbocycles. The number of hydrogen-bond acceptors (Lipinski definition) is 7. The minimum Gasteiger partial charge on any atom is -0.395 e. The molecular weight excluding hydrogens is 422 g/mol. The van der Waals surface area contributed by atoms with Gasteiger partial charge in [-0.3, -0.25) is 4.79 Å². The average molecular weight is 444 g/mol. The number of aliphatic hydroxyl groups excluding tert-OH is 1. The Morgan fingerprint density at radius 1 is 1.06 bits per heavy atom. The predicted molar refractivity (Wildman–Crippen MR) is 125 cm³/mol. The van der Waals surface area contributed by atoms with Gasteiger partial charge in [-0.2, -0.15) is 10.5 Å². The molecule has 160 valence electrons. The second-order valence-electron chi connectivity index (χ2n) is 6.80. The number of rotatable bonds is 8. The Morgan fingerprint density at radius 2 is 1.75 bits per heavy atom. The Labute approximate surface area is 190 Å². The Morgan fingerprint density at radius 3 is 2.34 bits per heavy atom. The van der Waals surface area contributed by atoms with Gasteiger partial charge in [-0.05, 0) is 23.3 Å². The van der Waals surface area contributed by atoms with E-state index in [2.05, 4.69) is 27.8 Å². The standard InChI is InChI=1S/C24H21N5O2S/c1-16(31)28-19-9-7-18(8-10-19)22-20(13-25)23(27-11-12-30)29-24(21(22)14-26)32-15-17-5-3-2-4-6-17/h2-10,30H,11-12,15H2,1H3,(H,27,29)(H,28,31). The fourth-order valence-electron chi connectivity index (χ4n) is 3.12. The van der Waals surface area contributed by atoms with Crippen LogP contribution in [0.15, 0.2) is 59.6 Å². The Hall–Kier alpha value is -3.85. The number of nitrogens with zero attached hydrogens (tertiary/aromatic N) is 3. The van der Waals surface area contributed by atoms with Gasteiger partial charge in [0.15, 0.2) is 0 Å². The molecule has 0 radical (unpaired) electrons. The fraction of sp³-hybridized carbons (Fsp3) is 0.167. The van der Waals surface area contributed by atoms with E-state index in [0.29, 0.717) is 39.0 Å². The summed E-state index contributed by atoms with van der Waals surface area (Å²) in [6.07, 6.45) is 0. The number of hydrogen-bond donors (Lipinski definition) is 3. The van der Waals surface area contributed by atoms with Gasteiger partial charge < -0.3 is 15.7 Å². The topological polar surface area (TPSA) is 122 Å². The van der Waals surface area contributed by atoms with Crippen LogP contribution in [0, 0.1) is 22.7 Å². The zero-order chi connectivity index (χ0) is 22.9. The summed E-state index contributed by atoms with van der Waals surface area (Å²) < 4.78 is 0. The van der Waals surface area contributed by atoms with E-state index in [1.54, 1.807) is 24.3 Å². The Kier molecular flexibility index (Phi) is 7.82. The molecule has 0 aliphatic carbocycles. The second-order valence-corrected chi connectivity index (χ2v) is 7.76. The first-order valence-electron chi connectivity index (χ1n) is 9.85. The zero-order valence-electron chi connectivity index (χ0n) is 17.4. The van der Waals surface area contributed by atoms with Crippen LogP contribution in [0.2, 0.25) is 0 Å². The third-order valence-electron chi connectivity index (χ3n) is 4.50. The molecule has 0 spiro atoms. The molecule has 3 aromatic rings. The highest BCUT2D eigenvalue weighted by Crippen LogP contribution is 2.37. The van der Waals surface area contributed by atoms with Crippen molar-refractivity contribution in [3.63, 3.8) is 0 Å². The van der Waals surface area contributed by atoms with E-state index < -0.39 is 0 Å². The van der Waals surface area contributed by atoms with Crippen LogP contribution >= 0.6 is 11.8 Å². The summed E-state index contributed by atoms with van der Waals surface area (Å²) >= 11 is 1.41. The molecule has 32 heavy (non-hydrogen) atoms. The molecule has 0 aliphatic heterocycles. The number of amides is 1. The van der Waals surface area contributed by atoms with Crippen LogP contribution < -0.4 is 10.6 Å². The Bertz CT molecular complexity index is 1180. The molecule has 0 bridgehead atoms. The van der Waals surface area contributed by atoms with Crippen LogP contribution in [0.1, 0.15) is 23.6 Å². The van der Waals surface area contributed by atoms with Gasteiger partial charge in [0, 0.05) is 30.5 Å². The largest absolute Gasteiger partial charge is 0.395 e. The maximum absolute atomic E-state index is 11.3. The van der Waals surface area contributed by atoms with Crippen molar-refractivity contribution in [2.75, 3.05) is 23.8 Å². The van der Waals surface area contributed by atoms with Gasteiger partial charge in [0.2, 0.25) is 5.91 Å². The van der Waals surface area contributed by atoms with E-state index in [4.69, 9.17) is 0 Å². The van der Waals surface area contributed by atoms with E-state index in [0.717, 1.165) is 5.56 Å². The first-order valence-corrected chi connectivity index (χ1v) is 10.8. The number of carbonyl (C=O) groups is 1.